The smallest absolute Gasteiger partial charge is 0.406 e. The van der Waals surface area contributed by atoms with Gasteiger partial charge in [0, 0.05) is 19.6 Å². The fourth-order valence-electron chi connectivity index (χ4n) is 3.13. The van der Waals surface area contributed by atoms with Gasteiger partial charge in [-0.25, -0.2) is 0 Å². The fraction of sp³-hybridized carbons (Fsp3) is 0.562. The molecule has 1 aromatic rings. The minimum Gasteiger partial charge on any atom is -0.496 e. The Labute approximate surface area is 138 Å². The lowest BCUT2D eigenvalue weighted by Crippen LogP contribution is -2.47. The second kappa shape index (κ2) is 6.51. The van der Waals surface area contributed by atoms with Gasteiger partial charge in [0.25, 0.3) is 0 Å². The van der Waals surface area contributed by atoms with E-state index in [0.29, 0.717) is 17.1 Å². The van der Waals surface area contributed by atoms with Crippen molar-refractivity contribution in [1.29, 1.82) is 0 Å². The highest BCUT2D eigenvalue weighted by molar-refractivity contribution is 5.76. The number of rotatable bonds is 5. The molecule has 0 aromatic heterocycles. The molecule has 134 valence electrons. The molecule has 1 unspecified atom stereocenters. The van der Waals surface area contributed by atoms with E-state index in [1.54, 1.807) is 12.1 Å². The molecule has 1 saturated heterocycles. The number of alkyl halides is 3. The molecular weight excluding hydrogens is 327 g/mol. The molecule has 1 aliphatic heterocycles. The number of aryl methyl sites for hydroxylation is 1. The van der Waals surface area contributed by atoms with E-state index in [1.807, 2.05) is 6.92 Å². The number of carbonyl (C=O) groups is 1. The third-order valence-electron chi connectivity index (χ3n) is 4.52. The first-order valence-corrected chi connectivity index (χ1v) is 7.39. The van der Waals surface area contributed by atoms with E-state index in [2.05, 4.69) is 0 Å². The molecule has 24 heavy (non-hydrogen) atoms. The number of carboxylic acids is 1. The molecule has 0 saturated carbocycles. The zero-order chi connectivity index (χ0) is 18.1. The van der Waals surface area contributed by atoms with Crippen LogP contribution in [-0.4, -0.2) is 49.5 Å². The first-order chi connectivity index (χ1) is 11.2. The third-order valence-corrected chi connectivity index (χ3v) is 4.52. The molecule has 1 aromatic carbocycles. The van der Waals surface area contributed by atoms with Crippen LogP contribution >= 0.6 is 0 Å². The number of benzene rings is 1. The van der Waals surface area contributed by atoms with Gasteiger partial charge in [-0.05, 0) is 25.0 Å². The van der Waals surface area contributed by atoms with Gasteiger partial charge in [0.2, 0.25) is 0 Å². The molecule has 0 aliphatic carbocycles. The first-order valence-electron chi connectivity index (χ1n) is 7.39. The molecule has 2 rings (SSSR count). The highest BCUT2D eigenvalue weighted by atomic mass is 19.4. The quantitative estimate of drug-likeness (QED) is 0.888. The Morgan fingerprint density at radius 2 is 2.00 bits per heavy atom. The van der Waals surface area contributed by atoms with Crippen molar-refractivity contribution in [3.63, 3.8) is 0 Å². The SMILES string of the molecule is COc1ccc(C)c(OC)c1CN1CCC(C(=O)O)(C(F)(F)F)C1. The van der Waals surface area contributed by atoms with Gasteiger partial charge < -0.3 is 14.6 Å². The van der Waals surface area contributed by atoms with E-state index in [-0.39, 0.29) is 13.1 Å². The molecule has 0 radical (unpaired) electrons. The summed E-state index contributed by atoms with van der Waals surface area (Å²) in [6, 6.07) is 3.51. The second-order valence-electron chi connectivity index (χ2n) is 5.94. The van der Waals surface area contributed by atoms with Gasteiger partial charge in [0.1, 0.15) is 11.5 Å². The summed E-state index contributed by atoms with van der Waals surface area (Å²) in [6.07, 6.45) is -5.27. The van der Waals surface area contributed by atoms with Gasteiger partial charge in [-0.15, -0.1) is 0 Å². The predicted molar refractivity (Wildman–Crippen MR) is 80.3 cm³/mol. The lowest BCUT2D eigenvalue weighted by molar-refractivity contribution is -0.227. The monoisotopic (exact) mass is 347 g/mol. The van der Waals surface area contributed by atoms with Crippen LogP contribution in [0.25, 0.3) is 0 Å². The van der Waals surface area contributed by atoms with Crippen LogP contribution in [0.1, 0.15) is 17.5 Å². The number of likely N-dealkylation sites (tertiary alicyclic amines) is 1. The Kier molecular flexibility index (Phi) is 4.98. The van der Waals surface area contributed by atoms with E-state index in [0.717, 1.165) is 5.56 Å². The van der Waals surface area contributed by atoms with E-state index < -0.39 is 30.5 Å². The van der Waals surface area contributed by atoms with Gasteiger partial charge in [0.05, 0.1) is 19.8 Å². The number of methoxy groups -OCH3 is 2. The summed E-state index contributed by atoms with van der Waals surface area (Å²) < 4.78 is 50.5. The van der Waals surface area contributed by atoms with Crippen LogP contribution in [-0.2, 0) is 11.3 Å². The second-order valence-corrected chi connectivity index (χ2v) is 5.94. The van der Waals surface area contributed by atoms with Gasteiger partial charge in [-0.3, -0.25) is 9.69 Å². The van der Waals surface area contributed by atoms with Crippen LogP contribution in [0.5, 0.6) is 11.5 Å². The summed E-state index contributed by atoms with van der Waals surface area (Å²) >= 11 is 0. The van der Waals surface area contributed by atoms with Crippen LogP contribution in [0.15, 0.2) is 12.1 Å². The summed E-state index contributed by atoms with van der Waals surface area (Å²) in [5.41, 5.74) is -1.28. The number of ether oxygens (including phenoxy) is 2. The van der Waals surface area contributed by atoms with Crippen molar-refractivity contribution in [3.8, 4) is 11.5 Å². The molecule has 5 nitrogen and oxygen atoms in total. The molecule has 1 fully saturated rings. The predicted octanol–water partition coefficient (Wildman–Crippen LogP) is 2.85. The molecule has 0 amide bonds. The minimum atomic E-state index is -4.80. The van der Waals surface area contributed by atoms with Gasteiger partial charge >= 0.3 is 12.1 Å². The Bertz CT molecular complexity index is 632. The summed E-state index contributed by atoms with van der Waals surface area (Å²) in [7, 11) is 2.95. The van der Waals surface area contributed by atoms with Gasteiger partial charge in [-0.1, -0.05) is 6.07 Å². The van der Waals surface area contributed by atoms with Crippen molar-refractivity contribution in [3.05, 3.63) is 23.3 Å². The number of halogens is 3. The van der Waals surface area contributed by atoms with Gasteiger partial charge in [0.15, 0.2) is 5.41 Å². The van der Waals surface area contributed by atoms with Crippen LogP contribution in [0.4, 0.5) is 13.2 Å². The molecule has 1 aliphatic rings. The summed E-state index contributed by atoms with van der Waals surface area (Å²) in [5.74, 6) is -0.799. The highest BCUT2D eigenvalue weighted by Gasteiger charge is 2.63. The fourth-order valence-corrected chi connectivity index (χ4v) is 3.13. The molecule has 0 bridgehead atoms. The van der Waals surface area contributed by atoms with Crippen molar-refractivity contribution < 1.29 is 32.5 Å². The zero-order valence-corrected chi connectivity index (χ0v) is 13.7. The van der Waals surface area contributed by atoms with Crippen LogP contribution in [0.3, 0.4) is 0 Å². The van der Waals surface area contributed by atoms with E-state index in [1.165, 1.54) is 19.1 Å². The standard InChI is InChI=1S/C16H20F3NO4/c1-10-4-5-12(23-2)11(13(10)24-3)8-20-7-6-15(9-20,14(21)22)16(17,18)19/h4-5H,6-9H2,1-3H3,(H,21,22). The summed E-state index contributed by atoms with van der Waals surface area (Å²) in [6.45, 7) is 1.39. The molecule has 1 N–H and O–H groups in total. The van der Waals surface area contributed by atoms with E-state index in [4.69, 9.17) is 14.6 Å². The lowest BCUT2D eigenvalue weighted by atomic mass is 9.86. The average molecular weight is 347 g/mol. The molecular formula is C16H20F3NO4. The Balaban J connectivity index is 2.31. The summed E-state index contributed by atoms with van der Waals surface area (Å²) in [5, 5.41) is 9.13. The topological polar surface area (TPSA) is 59.0 Å². The third kappa shape index (κ3) is 3.02. The average Bonchev–Trinajstić information content (AvgIpc) is 2.93. The Morgan fingerprint density at radius 3 is 2.46 bits per heavy atom. The van der Waals surface area contributed by atoms with Gasteiger partial charge in [-0.2, -0.15) is 13.2 Å². The maximum Gasteiger partial charge on any atom is 0.406 e. The van der Waals surface area contributed by atoms with Crippen molar-refractivity contribution >= 4 is 5.97 Å². The number of aliphatic carboxylic acids is 1. The Hall–Kier alpha value is -1.96. The maximum absolute atomic E-state index is 13.3. The number of carboxylic acid groups (broad SMARTS) is 1. The van der Waals surface area contributed by atoms with Crippen LogP contribution in [0, 0.1) is 12.3 Å². The van der Waals surface area contributed by atoms with Crippen molar-refractivity contribution in [1.82, 2.24) is 4.90 Å². The maximum atomic E-state index is 13.3. The first kappa shape index (κ1) is 18.4. The van der Waals surface area contributed by atoms with Crippen LogP contribution in [0.2, 0.25) is 0 Å². The van der Waals surface area contributed by atoms with Crippen LogP contribution < -0.4 is 9.47 Å². The number of hydrogen-bond acceptors (Lipinski definition) is 4. The molecule has 1 heterocycles. The highest BCUT2D eigenvalue weighted by Crippen LogP contribution is 2.46. The minimum absolute atomic E-state index is 0.0338. The largest absolute Gasteiger partial charge is 0.496 e. The Morgan fingerprint density at radius 1 is 1.33 bits per heavy atom. The summed E-state index contributed by atoms with van der Waals surface area (Å²) in [4.78, 5) is 12.7. The normalized spacial score (nSPS) is 21.8. The van der Waals surface area contributed by atoms with E-state index >= 15 is 0 Å². The zero-order valence-electron chi connectivity index (χ0n) is 13.7. The number of hydrogen-bond donors (Lipinski definition) is 1. The molecule has 8 heteroatoms. The molecule has 1 atom stereocenters. The lowest BCUT2D eigenvalue weighted by Gasteiger charge is -2.27. The van der Waals surface area contributed by atoms with Crippen molar-refractivity contribution in [2.24, 2.45) is 5.41 Å². The van der Waals surface area contributed by atoms with Crippen molar-refractivity contribution in [2.75, 3.05) is 27.3 Å². The molecule has 0 spiro atoms. The van der Waals surface area contributed by atoms with E-state index in [9.17, 15) is 18.0 Å². The van der Waals surface area contributed by atoms with Crippen molar-refractivity contribution in [2.45, 2.75) is 26.1 Å². The number of nitrogens with zero attached hydrogens (tertiary/aromatic N) is 1.